The number of amides is 1. The van der Waals surface area contributed by atoms with E-state index in [2.05, 4.69) is 12.2 Å². The van der Waals surface area contributed by atoms with Crippen molar-refractivity contribution in [1.29, 1.82) is 0 Å². The standard InChI is InChI=1S/C13H25NO3/c1-10-5-7-13(16,8-6-10)9-14-11(15)17-12(2,3)4/h10,16H,5-9H2,1-4H3,(H,14,15)/t10-,13+. The predicted octanol–water partition coefficient (Wildman–Crippen LogP) is 2.45. The van der Waals surface area contributed by atoms with Gasteiger partial charge in [0.25, 0.3) is 0 Å². The van der Waals surface area contributed by atoms with Crippen LogP contribution in [0.4, 0.5) is 4.79 Å². The molecule has 100 valence electrons. The quantitative estimate of drug-likeness (QED) is 0.783. The smallest absolute Gasteiger partial charge is 0.407 e. The molecule has 0 aromatic carbocycles. The summed E-state index contributed by atoms with van der Waals surface area (Å²) in [5.41, 5.74) is -1.24. The van der Waals surface area contributed by atoms with E-state index >= 15 is 0 Å². The van der Waals surface area contributed by atoms with E-state index in [4.69, 9.17) is 4.74 Å². The van der Waals surface area contributed by atoms with Crippen molar-refractivity contribution in [1.82, 2.24) is 5.32 Å². The monoisotopic (exact) mass is 243 g/mol. The molecule has 2 N–H and O–H groups in total. The minimum absolute atomic E-state index is 0.286. The van der Waals surface area contributed by atoms with Gasteiger partial charge < -0.3 is 15.2 Å². The molecule has 0 heterocycles. The molecule has 4 nitrogen and oxygen atoms in total. The molecule has 17 heavy (non-hydrogen) atoms. The summed E-state index contributed by atoms with van der Waals surface area (Å²) in [6.07, 6.45) is 3.09. The number of carbonyl (C=O) groups excluding carboxylic acids is 1. The van der Waals surface area contributed by atoms with Crippen molar-refractivity contribution in [3.8, 4) is 0 Å². The van der Waals surface area contributed by atoms with Gasteiger partial charge in [-0.05, 0) is 52.4 Å². The van der Waals surface area contributed by atoms with E-state index < -0.39 is 17.3 Å². The minimum atomic E-state index is -0.747. The molecule has 0 aromatic heterocycles. The molecular weight excluding hydrogens is 218 g/mol. The third-order valence-electron chi connectivity index (χ3n) is 3.17. The van der Waals surface area contributed by atoms with Gasteiger partial charge in [-0.3, -0.25) is 0 Å². The van der Waals surface area contributed by atoms with Crippen molar-refractivity contribution in [2.75, 3.05) is 6.54 Å². The van der Waals surface area contributed by atoms with Crippen LogP contribution in [-0.2, 0) is 4.74 Å². The van der Waals surface area contributed by atoms with E-state index in [1.807, 2.05) is 20.8 Å². The number of rotatable bonds is 2. The highest BCUT2D eigenvalue weighted by atomic mass is 16.6. The third-order valence-corrected chi connectivity index (χ3v) is 3.17. The molecule has 0 aromatic rings. The van der Waals surface area contributed by atoms with Gasteiger partial charge in [0.2, 0.25) is 0 Å². The largest absolute Gasteiger partial charge is 0.444 e. The summed E-state index contributed by atoms with van der Waals surface area (Å²) in [7, 11) is 0. The summed E-state index contributed by atoms with van der Waals surface area (Å²) < 4.78 is 5.13. The summed E-state index contributed by atoms with van der Waals surface area (Å²) in [6.45, 7) is 7.95. The number of alkyl carbamates (subject to hydrolysis) is 1. The van der Waals surface area contributed by atoms with Crippen LogP contribution < -0.4 is 5.32 Å². The Bertz CT molecular complexity index is 262. The highest BCUT2D eigenvalue weighted by Crippen LogP contribution is 2.31. The summed E-state index contributed by atoms with van der Waals surface area (Å²) in [5.74, 6) is 0.678. The van der Waals surface area contributed by atoms with Crippen molar-refractivity contribution in [2.45, 2.75) is 64.6 Å². The molecule has 4 heteroatoms. The molecule has 0 atom stereocenters. The molecule has 0 radical (unpaired) electrons. The number of nitrogens with one attached hydrogen (secondary N) is 1. The first-order valence-corrected chi connectivity index (χ1v) is 6.39. The molecule has 0 aliphatic heterocycles. The van der Waals surface area contributed by atoms with Crippen molar-refractivity contribution in [3.63, 3.8) is 0 Å². The lowest BCUT2D eigenvalue weighted by atomic mass is 9.79. The van der Waals surface area contributed by atoms with Gasteiger partial charge in [-0.1, -0.05) is 6.92 Å². The molecule has 0 bridgehead atoms. The zero-order valence-corrected chi connectivity index (χ0v) is 11.4. The maximum Gasteiger partial charge on any atom is 0.407 e. The van der Waals surface area contributed by atoms with Gasteiger partial charge in [0.05, 0.1) is 5.60 Å². The van der Waals surface area contributed by atoms with E-state index in [0.717, 1.165) is 25.7 Å². The molecule has 1 aliphatic carbocycles. The number of carbonyl (C=O) groups is 1. The van der Waals surface area contributed by atoms with E-state index in [1.54, 1.807) is 0 Å². The molecule has 0 unspecified atom stereocenters. The Morgan fingerprint density at radius 2 is 1.94 bits per heavy atom. The van der Waals surface area contributed by atoms with Gasteiger partial charge in [0, 0.05) is 6.54 Å². The van der Waals surface area contributed by atoms with Crippen molar-refractivity contribution in [2.24, 2.45) is 5.92 Å². The molecule has 0 saturated heterocycles. The van der Waals surface area contributed by atoms with Crippen LogP contribution in [-0.4, -0.2) is 28.9 Å². The predicted molar refractivity (Wildman–Crippen MR) is 66.8 cm³/mol. The molecule has 1 amide bonds. The third kappa shape index (κ3) is 5.39. The van der Waals surface area contributed by atoms with Crippen molar-refractivity contribution in [3.05, 3.63) is 0 Å². The number of aliphatic hydroxyl groups is 1. The number of hydrogen-bond donors (Lipinski definition) is 2. The Kier molecular flexibility index (Phi) is 4.42. The van der Waals surface area contributed by atoms with E-state index in [0.29, 0.717) is 5.92 Å². The number of ether oxygens (including phenoxy) is 1. The first-order valence-electron chi connectivity index (χ1n) is 6.39. The maximum atomic E-state index is 11.5. The first kappa shape index (κ1) is 14.3. The zero-order valence-electron chi connectivity index (χ0n) is 11.4. The Morgan fingerprint density at radius 3 is 2.41 bits per heavy atom. The summed E-state index contributed by atoms with van der Waals surface area (Å²) >= 11 is 0. The molecular formula is C13H25NO3. The van der Waals surface area contributed by atoms with Crippen LogP contribution in [0.3, 0.4) is 0 Å². The molecule has 1 rings (SSSR count). The van der Waals surface area contributed by atoms with Gasteiger partial charge in [0.15, 0.2) is 0 Å². The summed E-state index contributed by atoms with van der Waals surface area (Å²) in [4.78, 5) is 11.5. The van der Waals surface area contributed by atoms with Crippen LogP contribution >= 0.6 is 0 Å². The van der Waals surface area contributed by atoms with Crippen LogP contribution in [0.1, 0.15) is 53.4 Å². The Balaban J connectivity index is 2.32. The topological polar surface area (TPSA) is 58.6 Å². The second kappa shape index (κ2) is 5.25. The van der Waals surface area contributed by atoms with Gasteiger partial charge in [-0.25, -0.2) is 4.79 Å². The first-order chi connectivity index (χ1) is 7.70. The second-order valence-electron chi connectivity index (χ2n) is 6.26. The summed E-state index contributed by atoms with van der Waals surface area (Å²) in [6, 6.07) is 0. The van der Waals surface area contributed by atoms with Crippen LogP contribution in [0.15, 0.2) is 0 Å². The highest BCUT2D eigenvalue weighted by molar-refractivity contribution is 5.67. The fourth-order valence-electron chi connectivity index (χ4n) is 2.03. The molecule has 0 spiro atoms. The van der Waals surface area contributed by atoms with Crippen LogP contribution in [0.2, 0.25) is 0 Å². The second-order valence-corrected chi connectivity index (χ2v) is 6.26. The highest BCUT2D eigenvalue weighted by Gasteiger charge is 2.32. The average molecular weight is 243 g/mol. The Hall–Kier alpha value is -0.770. The van der Waals surface area contributed by atoms with Crippen molar-refractivity contribution >= 4 is 6.09 Å². The maximum absolute atomic E-state index is 11.5. The fourth-order valence-corrected chi connectivity index (χ4v) is 2.03. The molecule has 1 aliphatic rings. The van der Waals surface area contributed by atoms with Crippen LogP contribution in [0, 0.1) is 5.92 Å². The normalized spacial score (nSPS) is 29.8. The average Bonchev–Trinajstić information content (AvgIpc) is 2.18. The minimum Gasteiger partial charge on any atom is -0.444 e. The van der Waals surface area contributed by atoms with E-state index in [9.17, 15) is 9.90 Å². The number of hydrogen-bond acceptors (Lipinski definition) is 3. The zero-order chi connectivity index (χ0) is 13.1. The van der Waals surface area contributed by atoms with E-state index in [-0.39, 0.29) is 6.54 Å². The SMILES string of the molecule is CC(C)(C)OC(=O)NC[C@]1(O)CC[C@@H](C)CC1. The van der Waals surface area contributed by atoms with Gasteiger partial charge in [-0.2, -0.15) is 0 Å². The Labute approximate surface area is 104 Å². The fraction of sp³-hybridized carbons (Fsp3) is 0.923. The van der Waals surface area contributed by atoms with Gasteiger partial charge >= 0.3 is 6.09 Å². The van der Waals surface area contributed by atoms with Crippen molar-refractivity contribution < 1.29 is 14.6 Å². The summed E-state index contributed by atoms with van der Waals surface area (Å²) in [5, 5.41) is 12.9. The lowest BCUT2D eigenvalue weighted by Gasteiger charge is -2.35. The molecule has 1 fully saturated rings. The molecule has 1 saturated carbocycles. The van der Waals surface area contributed by atoms with Crippen LogP contribution in [0.25, 0.3) is 0 Å². The van der Waals surface area contributed by atoms with E-state index in [1.165, 1.54) is 0 Å². The van der Waals surface area contributed by atoms with Gasteiger partial charge in [-0.15, -0.1) is 0 Å². The lowest BCUT2D eigenvalue weighted by molar-refractivity contribution is -0.0107. The van der Waals surface area contributed by atoms with Crippen LogP contribution in [0.5, 0.6) is 0 Å². The van der Waals surface area contributed by atoms with Gasteiger partial charge in [0.1, 0.15) is 5.60 Å². The lowest BCUT2D eigenvalue weighted by Crippen LogP contribution is -2.46. The Morgan fingerprint density at radius 1 is 1.41 bits per heavy atom.